The smallest absolute Gasteiger partial charge is 0.288 e. The zero-order valence-corrected chi connectivity index (χ0v) is 14.4. The van der Waals surface area contributed by atoms with Crippen LogP contribution < -0.4 is 9.80 Å². The topological polar surface area (TPSA) is 57.7 Å². The van der Waals surface area contributed by atoms with Crippen molar-refractivity contribution in [2.45, 2.75) is 19.0 Å². The SMILES string of the molecule is Cc1cccc(N2C(=O)N(c3ccc(F)cc3)[C@H]3CS(=O)(=O)C[C@@H]32)c1. The molecule has 0 radical (unpaired) electrons. The lowest BCUT2D eigenvalue weighted by Gasteiger charge is -2.23. The molecule has 2 aliphatic rings. The van der Waals surface area contributed by atoms with E-state index in [4.69, 9.17) is 0 Å². The van der Waals surface area contributed by atoms with Crippen LogP contribution in [-0.2, 0) is 9.84 Å². The van der Waals surface area contributed by atoms with Gasteiger partial charge in [0.2, 0.25) is 0 Å². The number of carbonyl (C=O) groups excluding carboxylic acids is 1. The summed E-state index contributed by atoms with van der Waals surface area (Å²) < 4.78 is 37.6. The number of sulfone groups is 1. The Bertz CT molecular complexity index is 943. The molecule has 0 saturated carbocycles. The Balaban J connectivity index is 1.81. The highest BCUT2D eigenvalue weighted by Gasteiger charge is 2.54. The summed E-state index contributed by atoms with van der Waals surface area (Å²) in [5, 5.41) is 0. The van der Waals surface area contributed by atoms with Crippen molar-refractivity contribution in [1.82, 2.24) is 0 Å². The average molecular weight is 360 g/mol. The molecule has 2 amide bonds. The highest BCUT2D eigenvalue weighted by molar-refractivity contribution is 7.91. The van der Waals surface area contributed by atoms with Gasteiger partial charge < -0.3 is 0 Å². The van der Waals surface area contributed by atoms with Crippen LogP contribution in [0.15, 0.2) is 48.5 Å². The molecule has 2 heterocycles. The molecule has 0 spiro atoms. The standard InChI is InChI=1S/C18H17FN2O3S/c1-12-3-2-4-15(9-12)21-17-11-25(23,24)10-16(17)20(18(21)22)14-7-5-13(19)6-8-14/h2-9,16-17H,10-11H2,1H3/t16-,17-/m0/s1. The largest absolute Gasteiger partial charge is 0.329 e. The maximum atomic E-state index is 13.2. The van der Waals surface area contributed by atoms with E-state index in [2.05, 4.69) is 0 Å². The molecule has 0 N–H and O–H groups in total. The second-order valence-electron chi connectivity index (χ2n) is 6.55. The van der Waals surface area contributed by atoms with E-state index in [0.29, 0.717) is 11.4 Å². The summed E-state index contributed by atoms with van der Waals surface area (Å²) in [7, 11) is -3.24. The van der Waals surface area contributed by atoms with E-state index in [9.17, 15) is 17.6 Å². The second-order valence-corrected chi connectivity index (χ2v) is 8.70. The zero-order valence-electron chi connectivity index (χ0n) is 13.6. The van der Waals surface area contributed by atoms with Crippen molar-refractivity contribution in [3.8, 4) is 0 Å². The summed E-state index contributed by atoms with van der Waals surface area (Å²) in [5.41, 5.74) is 2.18. The summed E-state index contributed by atoms with van der Waals surface area (Å²) in [6.07, 6.45) is 0. The second kappa shape index (κ2) is 5.56. The predicted octanol–water partition coefficient (Wildman–Crippen LogP) is 2.75. The fraction of sp³-hybridized carbons (Fsp3) is 0.278. The van der Waals surface area contributed by atoms with Crippen LogP contribution >= 0.6 is 0 Å². The van der Waals surface area contributed by atoms with Crippen LogP contribution in [0.25, 0.3) is 0 Å². The van der Waals surface area contributed by atoms with Gasteiger partial charge in [-0.25, -0.2) is 17.6 Å². The van der Waals surface area contributed by atoms with E-state index in [1.54, 1.807) is 11.0 Å². The van der Waals surface area contributed by atoms with Gasteiger partial charge in [-0.2, -0.15) is 0 Å². The molecule has 0 aromatic heterocycles. The van der Waals surface area contributed by atoms with Crippen molar-refractivity contribution < 1.29 is 17.6 Å². The third-order valence-electron chi connectivity index (χ3n) is 4.75. The first-order chi connectivity index (χ1) is 11.9. The summed E-state index contributed by atoms with van der Waals surface area (Å²) in [5.74, 6) is -0.542. The number of anilines is 2. The molecule has 0 aliphatic carbocycles. The number of urea groups is 1. The van der Waals surface area contributed by atoms with E-state index in [1.807, 2.05) is 25.1 Å². The number of nitrogens with zero attached hydrogens (tertiary/aromatic N) is 2. The molecule has 7 heteroatoms. The average Bonchev–Trinajstić information content (AvgIpc) is 2.97. The summed E-state index contributed by atoms with van der Waals surface area (Å²) in [6.45, 7) is 1.92. The Hall–Kier alpha value is -2.41. The predicted molar refractivity (Wildman–Crippen MR) is 94.2 cm³/mol. The van der Waals surface area contributed by atoms with Crippen molar-refractivity contribution in [2.75, 3.05) is 21.3 Å². The molecule has 2 saturated heterocycles. The van der Waals surface area contributed by atoms with Crippen LogP contribution in [0.4, 0.5) is 20.6 Å². The minimum atomic E-state index is -3.24. The van der Waals surface area contributed by atoms with Crippen LogP contribution in [0.1, 0.15) is 5.56 Å². The Labute approximate surface area is 145 Å². The Morgan fingerprint density at radius 2 is 1.56 bits per heavy atom. The molecule has 130 valence electrons. The molecule has 4 rings (SSSR count). The lowest BCUT2D eigenvalue weighted by molar-refractivity contribution is 0.255. The Kier molecular flexibility index (Phi) is 3.57. The molecular weight excluding hydrogens is 343 g/mol. The van der Waals surface area contributed by atoms with Crippen molar-refractivity contribution in [3.05, 3.63) is 59.9 Å². The maximum absolute atomic E-state index is 13.2. The highest BCUT2D eigenvalue weighted by Crippen LogP contribution is 2.38. The number of aryl methyl sites for hydroxylation is 1. The van der Waals surface area contributed by atoms with E-state index in [-0.39, 0.29) is 17.5 Å². The van der Waals surface area contributed by atoms with Gasteiger partial charge in [0, 0.05) is 11.4 Å². The van der Waals surface area contributed by atoms with E-state index < -0.39 is 27.7 Å². The highest BCUT2D eigenvalue weighted by atomic mass is 32.2. The van der Waals surface area contributed by atoms with Gasteiger partial charge in [-0.3, -0.25) is 9.80 Å². The third-order valence-corrected chi connectivity index (χ3v) is 6.45. The Morgan fingerprint density at radius 3 is 2.16 bits per heavy atom. The van der Waals surface area contributed by atoms with Gasteiger partial charge in [0.15, 0.2) is 9.84 Å². The molecule has 2 aromatic rings. The van der Waals surface area contributed by atoms with Crippen LogP contribution in [0.3, 0.4) is 0 Å². The molecule has 0 bridgehead atoms. The van der Waals surface area contributed by atoms with Gasteiger partial charge in [-0.1, -0.05) is 12.1 Å². The van der Waals surface area contributed by atoms with Crippen molar-refractivity contribution in [2.24, 2.45) is 0 Å². The molecular formula is C18H17FN2O3S. The van der Waals surface area contributed by atoms with E-state index >= 15 is 0 Å². The number of carbonyl (C=O) groups is 1. The van der Waals surface area contributed by atoms with Gasteiger partial charge in [0.05, 0.1) is 23.6 Å². The quantitative estimate of drug-likeness (QED) is 0.774. The van der Waals surface area contributed by atoms with Gasteiger partial charge in [-0.15, -0.1) is 0 Å². The van der Waals surface area contributed by atoms with E-state index in [1.165, 1.54) is 29.2 Å². The number of amides is 2. The first-order valence-electron chi connectivity index (χ1n) is 8.01. The number of hydrogen-bond donors (Lipinski definition) is 0. The number of fused-ring (bicyclic) bond motifs is 1. The van der Waals surface area contributed by atoms with Gasteiger partial charge in [0.1, 0.15) is 5.82 Å². The molecule has 25 heavy (non-hydrogen) atoms. The van der Waals surface area contributed by atoms with E-state index in [0.717, 1.165) is 5.56 Å². The monoisotopic (exact) mass is 360 g/mol. The normalized spacial score (nSPS) is 24.6. The van der Waals surface area contributed by atoms with Crippen LogP contribution in [-0.4, -0.2) is 38.0 Å². The van der Waals surface area contributed by atoms with Crippen molar-refractivity contribution in [3.63, 3.8) is 0 Å². The fourth-order valence-corrected chi connectivity index (χ4v) is 5.61. The summed E-state index contributed by atoms with van der Waals surface area (Å²) in [6, 6.07) is 11.8. The third kappa shape index (κ3) is 2.68. The maximum Gasteiger partial charge on any atom is 0.329 e. The number of benzene rings is 2. The lowest BCUT2D eigenvalue weighted by atomic mass is 10.1. The summed E-state index contributed by atoms with van der Waals surface area (Å²) in [4.78, 5) is 16.1. The van der Waals surface area contributed by atoms with Crippen molar-refractivity contribution >= 4 is 27.2 Å². The molecule has 2 atom stereocenters. The lowest BCUT2D eigenvalue weighted by Crippen LogP contribution is -2.37. The fourth-order valence-electron chi connectivity index (χ4n) is 3.69. The zero-order chi connectivity index (χ0) is 17.8. The van der Waals surface area contributed by atoms with Gasteiger partial charge in [-0.05, 0) is 48.9 Å². The minimum Gasteiger partial charge on any atom is -0.288 e. The van der Waals surface area contributed by atoms with Crippen LogP contribution in [0, 0.1) is 12.7 Å². The number of hydrogen-bond acceptors (Lipinski definition) is 3. The first-order valence-corrected chi connectivity index (χ1v) is 9.83. The summed E-state index contributed by atoms with van der Waals surface area (Å²) >= 11 is 0. The number of halogens is 1. The Morgan fingerprint density at radius 1 is 0.960 bits per heavy atom. The van der Waals surface area contributed by atoms with Crippen LogP contribution in [0.2, 0.25) is 0 Å². The first kappa shape index (κ1) is 16.1. The molecule has 0 unspecified atom stereocenters. The van der Waals surface area contributed by atoms with Gasteiger partial charge >= 0.3 is 6.03 Å². The van der Waals surface area contributed by atoms with Crippen molar-refractivity contribution in [1.29, 1.82) is 0 Å². The molecule has 2 aliphatic heterocycles. The molecule has 2 aromatic carbocycles. The number of rotatable bonds is 2. The molecule has 2 fully saturated rings. The minimum absolute atomic E-state index is 0.0605. The van der Waals surface area contributed by atoms with Gasteiger partial charge in [0.25, 0.3) is 0 Å². The van der Waals surface area contributed by atoms with Crippen LogP contribution in [0.5, 0.6) is 0 Å². The molecule has 5 nitrogen and oxygen atoms in total.